The van der Waals surface area contributed by atoms with E-state index >= 15 is 0 Å². The molecule has 2 aromatic heterocycles. The minimum Gasteiger partial charge on any atom is -0.394 e. The number of aliphatic hydroxyl groups excluding tert-OH is 1. The summed E-state index contributed by atoms with van der Waals surface area (Å²) in [5, 5.41) is 10.0. The summed E-state index contributed by atoms with van der Waals surface area (Å²) in [6.45, 7) is 10.9. The van der Waals surface area contributed by atoms with Crippen molar-refractivity contribution in [3.63, 3.8) is 0 Å². The van der Waals surface area contributed by atoms with Crippen molar-refractivity contribution in [2.45, 2.75) is 63.5 Å². The molecule has 5 rings (SSSR count). The van der Waals surface area contributed by atoms with Gasteiger partial charge in [0.1, 0.15) is 6.73 Å². The van der Waals surface area contributed by atoms with Crippen LogP contribution in [-0.2, 0) is 24.6 Å². The smallest absolute Gasteiger partial charge is 0.331 e. The van der Waals surface area contributed by atoms with Crippen LogP contribution in [0.15, 0.2) is 73.6 Å². The van der Waals surface area contributed by atoms with Crippen LogP contribution in [0.2, 0.25) is 5.02 Å². The number of nitrogens with one attached hydrogen (secondary N) is 2. The second-order valence-electron chi connectivity index (χ2n) is 10.4. The lowest BCUT2D eigenvalue weighted by Crippen LogP contribution is -2.34. The van der Waals surface area contributed by atoms with Gasteiger partial charge in [-0.15, -0.1) is 0 Å². The van der Waals surface area contributed by atoms with Crippen LogP contribution in [0.3, 0.4) is 0 Å². The van der Waals surface area contributed by atoms with E-state index in [0.717, 1.165) is 39.8 Å². The first-order chi connectivity index (χ1) is 20.1. The molecule has 3 N–H and O–H groups in total. The van der Waals surface area contributed by atoms with Gasteiger partial charge >= 0.3 is 5.69 Å². The highest BCUT2D eigenvalue weighted by molar-refractivity contribution is 7.99. The number of nitrogens with zero attached hydrogens (tertiary/aromatic N) is 3. The molecule has 0 fully saturated rings. The number of hydrogen-bond donors (Lipinski definition) is 3. The molecule has 0 spiro atoms. The molecule has 0 amide bonds. The fraction of sp³-hybridized carbons (Fsp3) is 0.367. The van der Waals surface area contributed by atoms with Gasteiger partial charge in [0.15, 0.2) is 4.77 Å². The number of aliphatic hydroxyl groups is 1. The zero-order chi connectivity index (χ0) is 30.4. The van der Waals surface area contributed by atoms with Crippen molar-refractivity contribution < 1.29 is 9.84 Å². The molecule has 1 aliphatic rings. The number of allylic oxidation sites excluding steroid dienone is 1. The van der Waals surface area contributed by atoms with Crippen molar-refractivity contribution in [1.29, 1.82) is 0 Å². The van der Waals surface area contributed by atoms with Crippen molar-refractivity contribution in [3.8, 4) is 0 Å². The van der Waals surface area contributed by atoms with Gasteiger partial charge in [0.25, 0.3) is 5.56 Å². The number of halogens is 1. The van der Waals surface area contributed by atoms with Crippen LogP contribution in [0.1, 0.15) is 31.9 Å². The second kappa shape index (κ2) is 14.5. The largest absolute Gasteiger partial charge is 0.394 e. The number of hydrogen-bond acceptors (Lipinski definition) is 7. The van der Waals surface area contributed by atoms with Crippen molar-refractivity contribution in [2.24, 2.45) is 0 Å². The number of benzene rings is 2. The molecular formula is C30H36ClN5O4S2. The molecular weight excluding hydrogens is 594 g/mol. The molecule has 0 saturated heterocycles. The van der Waals surface area contributed by atoms with Crippen molar-refractivity contribution in [1.82, 2.24) is 24.0 Å². The lowest BCUT2D eigenvalue weighted by Gasteiger charge is -2.26. The average molecular weight is 630 g/mol. The quantitative estimate of drug-likeness (QED) is 0.102. The minimum absolute atomic E-state index is 0.0216. The number of rotatable bonds is 8. The minimum atomic E-state index is -0.526. The Morgan fingerprint density at radius 2 is 1.95 bits per heavy atom. The third-order valence-electron chi connectivity index (χ3n) is 6.87. The Morgan fingerprint density at radius 3 is 2.64 bits per heavy atom. The summed E-state index contributed by atoms with van der Waals surface area (Å²) < 4.78 is 9.55. The summed E-state index contributed by atoms with van der Waals surface area (Å²) in [4.78, 5) is 32.6. The molecule has 1 aliphatic heterocycles. The van der Waals surface area contributed by atoms with Gasteiger partial charge < -0.3 is 19.4 Å². The Labute approximate surface area is 258 Å². The van der Waals surface area contributed by atoms with E-state index in [1.165, 1.54) is 33.0 Å². The average Bonchev–Trinajstić information content (AvgIpc) is 3.17. The molecule has 0 aliphatic carbocycles. The number of aromatic nitrogens is 4. The Morgan fingerprint density at radius 1 is 1.21 bits per heavy atom. The highest BCUT2D eigenvalue weighted by atomic mass is 35.5. The molecule has 4 aromatic rings. The van der Waals surface area contributed by atoms with Crippen LogP contribution in [-0.4, -0.2) is 54.9 Å². The van der Waals surface area contributed by atoms with E-state index in [-0.39, 0.29) is 19.9 Å². The molecule has 1 atom stereocenters. The number of aromatic amines is 2. The van der Waals surface area contributed by atoms with Gasteiger partial charge in [0.2, 0.25) is 0 Å². The predicted octanol–water partition coefficient (Wildman–Crippen LogP) is 5.49. The monoisotopic (exact) mass is 629 g/mol. The molecule has 2 aromatic carbocycles. The highest BCUT2D eigenvalue weighted by Gasteiger charge is 2.23. The summed E-state index contributed by atoms with van der Waals surface area (Å²) in [5.41, 5.74) is 4.36. The SMILES string of the molecule is CC(C)=CCN1Cc2cc(Cl)cc3[nH]c(=S)n(c23)C[C@@H]1C.Cc1c(Sc2ccccc2)n(COCCO)c(=O)[nH]c1=O. The highest BCUT2D eigenvalue weighted by Crippen LogP contribution is 2.29. The lowest BCUT2D eigenvalue weighted by molar-refractivity contribution is 0.0411. The Bertz CT molecular complexity index is 1740. The zero-order valence-corrected chi connectivity index (χ0v) is 26.5. The lowest BCUT2D eigenvalue weighted by atomic mass is 10.1. The van der Waals surface area contributed by atoms with E-state index in [1.807, 2.05) is 36.4 Å². The maximum atomic E-state index is 11.9. The normalized spacial score (nSPS) is 14.8. The summed E-state index contributed by atoms with van der Waals surface area (Å²) in [5.74, 6) is 0. The summed E-state index contributed by atoms with van der Waals surface area (Å²) in [6.07, 6.45) is 2.28. The predicted molar refractivity (Wildman–Crippen MR) is 171 cm³/mol. The van der Waals surface area contributed by atoms with E-state index in [9.17, 15) is 9.59 Å². The molecule has 12 heteroatoms. The number of H-pyrrole nitrogens is 2. The van der Waals surface area contributed by atoms with Crippen LogP contribution in [0, 0.1) is 11.7 Å². The molecule has 42 heavy (non-hydrogen) atoms. The second-order valence-corrected chi connectivity index (χ2v) is 12.2. The van der Waals surface area contributed by atoms with E-state index in [1.54, 1.807) is 6.92 Å². The van der Waals surface area contributed by atoms with Gasteiger partial charge in [-0.2, -0.15) is 0 Å². The van der Waals surface area contributed by atoms with E-state index in [0.29, 0.717) is 16.6 Å². The fourth-order valence-electron chi connectivity index (χ4n) is 4.67. The Balaban J connectivity index is 0.000000193. The summed E-state index contributed by atoms with van der Waals surface area (Å²) in [7, 11) is 0. The maximum absolute atomic E-state index is 11.9. The van der Waals surface area contributed by atoms with Gasteiger partial charge in [-0.3, -0.25) is 19.2 Å². The number of ether oxygens (including phenoxy) is 1. The van der Waals surface area contributed by atoms with Gasteiger partial charge in [0, 0.05) is 41.2 Å². The van der Waals surface area contributed by atoms with Crippen LogP contribution < -0.4 is 11.2 Å². The topological polar surface area (TPSA) is 108 Å². The Hall–Kier alpha value is -2.93. The molecule has 0 saturated carbocycles. The third-order valence-corrected chi connectivity index (χ3v) is 8.64. The first kappa shape index (κ1) is 32.0. The molecule has 9 nitrogen and oxygen atoms in total. The van der Waals surface area contributed by atoms with Crippen molar-refractivity contribution in [3.05, 3.63) is 95.9 Å². The van der Waals surface area contributed by atoms with E-state index < -0.39 is 11.2 Å². The third kappa shape index (κ3) is 7.71. The first-order valence-electron chi connectivity index (χ1n) is 13.6. The van der Waals surface area contributed by atoms with Gasteiger partial charge in [-0.05, 0) is 69.7 Å². The molecule has 0 unspecified atom stereocenters. The standard InChI is InChI=1S/C16H20ClN3S.C14H16N2O4S/c1-10(2)4-5-19-9-12-6-13(17)7-14-15(12)20(8-11(19)3)16(21)18-14;1-10-12(18)15-14(19)16(9-20-8-7-17)13(10)21-11-5-3-2-4-6-11/h4,6-7,11H,5,8-9H2,1-3H3,(H,18,21);2-6,17H,7-9H2,1H3,(H,15,18,19)/t11-;/m0./s1. The van der Waals surface area contributed by atoms with Crippen molar-refractivity contribution in [2.75, 3.05) is 19.8 Å². The summed E-state index contributed by atoms with van der Waals surface area (Å²) >= 11 is 13.1. The van der Waals surface area contributed by atoms with Crippen LogP contribution in [0.5, 0.6) is 0 Å². The fourth-order valence-corrected chi connectivity index (χ4v) is 6.19. The van der Waals surface area contributed by atoms with Crippen LogP contribution in [0.4, 0.5) is 0 Å². The zero-order valence-electron chi connectivity index (χ0n) is 24.1. The van der Waals surface area contributed by atoms with Gasteiger partial charge in [0.05, 0.1) is 29.3 Å². The summed E-state index contributed by atoms with van der Waals surface area (Å²) in [6, 6.07) is 13.9. The molecule has 0 radical (unpaired) electrons. The van der Waals surface area contributed by atoms with Crippen molar-refractivity contribution >= 4 is 46.6 Å². The first-order valence-corrected chi connectivity index (χ1v) is 15.2. The molecule has 224 valence electrons. The number of imidazole rings is 1. The maximum Gasteiger partial charge on any atom is 0.331 e. The van der Waals surface area contributed by atoms with Crippen LogP contribution >= 0.6 is 35.6 Å². The molecule has 3 heterocycles. The van der Waals surface area contributed by atoms with E-state index in [2.05, 4.69) is 52.3 Å². The van der Waals surface area contributed by atoms with Gasteiger partial charge in [-0.1, -0.05) is 53.2 Å². The van der Waals surface area contributed by atoms with Gasteiger partial charge in [-0.25, -0.2) is 4.79 Å². The Kier molecular flexibility index (Phi) is 11.0. The molecule has 0 bridgehead atoms. The van der Waals surface area contributed by atoms with E-state index in [4.69, 9.17) is 33.7 Å². The van der Waals surface area contributed by atoms with Crippen LogP contribution in [0.25, 0.3) is 11.0 Å².